The summed E-state index contributed by atoms with van der Waals surface area (Å²) in [5, 5.41) is 0. The molecule has 0 aliphatic heterocycles. The maximum Gasteiger partial charge on any atom is 0.422 e. The van der Waals surface area contributed by atoms with Crippen molar-refractivity contribution in [2.75, 3.05) is 6.61 Å². The van der Waals surface area contributed by atoms with Crippen LogP contribution in [0.15, 0.2) is 29.5 Å². The van der Waals surface area contributed by atoms with E-state index in [2.05, 4.69) is 19.7 Å². The number of hydrogen-bond acceptors (Lipinski definition) is 5. The number of rotatable bonds is 3. The third kappa shape index (κ3) is 3.41. The van der Waals surface area contributed by atoms with Crippen LogP contribution in [0.5, 0.6) is 6.01 Å². The second-order valence-electron chi connectivity index (χ2n) is 3.58. The van der Waals surface area contributed by atoms with Crippen LogP contribution in [-0.2, 0) is 0 Å². The van der Waals surface area contributed by atoms with Crippen LogP contribution in [0.4, 0.5) is 13.2 Å². The molecule has 0 fully saturated rings. The zero-order valence-corrected chi connectivity index (χ0v) is 10.5. The van der Waals surface area contributed by atoms with Crippen molar-refractivity contribution in [3.8, 4) is 11.7 Å². The number of H-pyrrole nitrogens is 1. The Morgan fingerprint density at radius 2 is 2.00 bits per heavy atom. The van der Waals surface area contributed by atoms with Crippen molar-refractivity contribution >= 4 is 12.2 Å². The first kappa shape index (κ1) is 14.2. The van der Waals surface area contributed by atoms with Crippen molar-refractivity contribution in [3.05, 3.63) is 39.8 Å². The monoisotopic (exact) mass is 304 g/mol. The Kier molecular flexibility index (Phi) is 3.84. The zero-order valence-electron chi connectivity index (χ0n) is 9.72. The van der Waals surface area contributed by atoms with E-state index in [0.717, 1.165) is 17.0 Å². The van der Waals surface area contributed by atoms with Gasteiger partial charge in [0.15, 0.2) is 11.4 Å². The van der Waals surface area contributed by atoms with Gasteiger partial charge < -0.3 is 9.72 Å². The van der Waals surface area contributed by atoms with Crippen LogP contribution < -0.4 is 10.3 Å². The molecule has 0 aliphatic carbocycles. The van der Waals surface area contributed by atoms with Gasteiger partial charge in [-0.25, -0.2) is 9.97 Å². The van der Waals surface area contributed by atoms with Gasteiger partial charge in [0.2, 0.25) is 0 Å². The minimum absolute atomic E-state index is 0.116. The number of aromatic nitrogens is 4. The lowest BCUT2D eigenvalue weighted by Crippen LogP contribution is -2.21. The molecule has 0 unspecified atom stereocenters. The number of halogens is 3. The standard InChI is InChI=1S/C10H7F3N4O2S/c11-10(12,13)5-19-8-15-3-6(4-16-8)17-7(18)1-2-14-9(17)20/h1-4H,5H2,(H,14,20). The van der Waals surface area contributed by atoms with E-state index < -0.39 is 24.4 Å². The predicted octanol–water partition coefficient (Wildman–Crippen LogP) is 1.63. The van der Waals surface area contributed by atoms with Crippen molar-refractivity contribution in [2.24, 2.45) is 0 Å². The molecule has 0 saturated heterocycles. The second-order valence-corrected chi connectivity index (χ2v) is 3.97. The van der Waals surface area contributed by atoms with E-state index in [0.29, 0.717) is 0 Å². The van der Waals surface area contributed by atoms with Gasteiger partial charge in [-0.15, -0.1) is 0 Å². The van der Waals surface area contributed by atoms with Crippen molar-refractivity contribution in [1.29, 1.82) is 0 Å². The van der Waals surface area contributed by atoms with Crippen molar-refractivity contribution < 1.29 is 17.9 Å². The molecule has 0 spiro atoms. The number of alkyl halides is 3. The van der Waals surface area contributed by atoms with Crippen LogP contribution in [0.25, 0.3) is 5.69 Å². The summed E-state index contributed by atoms with van der Waals surface area (Å²) in [7, 11) is 0. The fourth-order valence-corrected chi connectivity index (χ4v) is 1.58. The summed E-state index contributed by atoms with van der Waals surface area (Å²) in [5.74, 6) is 0. The first-order valence-electron chi connectivity index (χ1n) is 5.19. The van der Waals surface area contributed by atoms with Crippen LogP contribution in [0.2, 0.25) is 0 Å². The quantitative estimate of drug-likeness (QED) is 0.873. The van der Waals surface area contributed by atoms with Gasteiger partial charge in [0.25, 0.3) is 5.56 Å². The van der Waals surface area contributed by atoms with Gasteiger partial charge >= 0.3 is 12.2 Å². The lowest BCUT2D eigenvalue weighted by molar-refractivity contribution is -0.154. The van der Waals surface area contributed by atoms with E-state index in [1.165, 1.54) is 12.3 Å². The highest BCUT2D eigenvalue weighted by molar-refractivity contribution is 7.71. The van der Waals surface area contributed by atoms with Gasteiger partial charge in [0, 0.05) is 12.3 Å². The fraction of sp³-hybridized carbons (Fsp3) is 0.200. The number of nitrogens with zero attached hydrogens (tertiary/aromatic N) is 3. The van der Waals surface area contributed by atoms with Gasteiger partial charge in [-0.3, -0.25) is 9.36 Å². The molecule has 20 heavy (non-hydrogen) atoms. The van der Waals surface area contributed by atoms with Gasteiger partial charge in [0.1, 0.15) is 0 Å². The normalized spacial score (nSPS) is 11.3. The molecule has 106 valence electrons. The first-order chi connectivity index (χ1) is 9.37. The van der Waals surface area contributed by atoms with Gasteiger partial charge in [-0.05, 0) is 12.2 Å². The molecule has 0 bridgehead atoms. The largest absolute Gasteiger partial charge is 0.454 e. The number of nitrogens with one attached hydrogen (secondary N) is 1. The molecule has 0 atom stereocenters. The lowest BCUT2D eigenvalue weighted by atomic mass is 10.5. The Morgan fingerprint density at radius 3 is 2.55 bits per heavy atom. The second kappa shape index (κ2) is 5.41. The van der Waals surface area contributed by atoms with E-state index >= 15 is 0 Å². The summed E-state index contributed by atoms with van der Waals surface area (Å²) in [6.07, 6.45) is -0.808. The molecule has 1 N–H and O–H groups in total. The summed E-state index contributed by atoms with van der Waals surface area (Å²) in [5.41, 5.74) is -0.197. The number of aromatic amines is 1. The molecule has 2 aromatic rings. The SMILES string of the molecule is O=c1cc[nH]c(=S)n1-c1cnc(OCC(F)(F)F)nc1. The average Bonchev–Trinajstić information content (AvgIpc) is 2.37. The van der Waals surface area contributed by atoms with E-state index in [1.807, 2.05) is 0 Å². The molecule has 0 radical (unpaired) electrons. The molecular formula is C10H7F3N4O2S. The Hall–Kier alpha value is -2.23. The van der Waals surface area contributed by atoms with Crippen LogP contribution in [0.3, 0.4) is 0 Å². The lowest BCUT2D eigenvalue weighted by Gasteiger charge is -2.08. The van der Waals surface area contributed by atoms with Crippen LogP contribution in [-0.4, -0.2) is 32.3 Å². The minimum Gasteiger partial charge on any atom is -0.454 e. The minimum atomic E-state index is -4.47. The highest BCUT2D eigenvalue weighted by Gasteiger charge is 2.28. The molecule has 0 amide bonds. The van der Waals surface area contributed by atoms with Gasteiger partial charge in [0.05, 0.1) is 18.1 Å². The number of ether oxygens (including phenoxy) is 1. The van der Waals surface area contributed by atoms with Crippen molar-refractivity contribution in [3.63, 3.8) is 0 Å². The van der Waals surface area contributed by atoms with E-state index in [9.17, 15) is 18.0 Å². The third-order valence-corrected chi connectivity index (χ3v) is 2.39. The molecule has 2 heterocycles. The molecule has 0 aromatic carbocycles. The van der Waals surface area contributed by atoms with E-state index in [-0.39, 0.29) is 10.5 Å². The summed E-state index contributed by atoms with van der Waals surface area (Å²) in [4.78, 5) is 21.4. The van der Waals surface area contributed by atoms with Crippen LogP contribution in [0, 0.1) is 4.77 Å². The molecule has 2 rings (SSSR count). The molecule has 6 nitrogen and oxygen atoms in total. The third-order valence-electron chi connectivity index (χ3n) is 2.09. The first-order valence-corrected chi connectivity index (χ1v) is 5.60. The van der Waals surface area contributed by atoms with Crippen molar-refractivity contribution in [1.82, 2.24) is 19.5 Å². The Morgan fingerprint density at radius 1 is 1.35 bits per heavy atom. The summed E-state index contributed by atoms with van der Waals surface area (Å²) in [6.45, 7) is -1.49. The van der Waals surface area contributed by atoms with E-state index in [4.69, 9.17) is 12.2 Å². The van der Waals surface area contributed by atoms with Crippen molar-refractivity contribution in [2.45, 2.75) is 6.18 Å². The highest BCUT2D eigenvalue weighted by atomic mass is 32.1. The topological polar surface area (TPSA) is 72.8 Å². The molecule has 10 heteroatoms. The summed E-state index contributed by atoms with van der Waals surface area (Å²) in [6, 6.07) is 0.800. The Labute approximate surface area is 114 Å². The summed E-state index contributed by atoms with van der Waals surface area (Å²) < 4.78 is 41.4. The molecule has 0 aliphatic rings. The maximum atomic E-state index is 11.9. The zero-order chi connectivity index (χ0) is 14.8. The predicted molar refractivity (Wildman–Crippen MR) is 64.4 cm³/mol. The van der Waals surface area contributed by atoms with Gasteiger partial charge in [-0.1, -0.05) is 0 Å². The Balaban J connectivity index is 2.25. The maximum absolute atomic E-state index is 11.9. The highest BCUT2D eigenvalue weighted by Crippen LogP contribution is 2.16. The van der Waals surface area contributed by atoms with Crippen LogP contribution >= 0.6 is 12.2 Å². The van der Waals surface area contributed by atoms with Gasteiger partial charge in [-0.2, -0.15) is 13.2 Å². The number of hydrogen-bond donors (Lipinski definition) is 1. The summed E-state index contributed by atoms with van der Waals surface area (Å²) >= 11 is 4.93. The van der Waals surface area contributed by atoms with E-state index in [1.54, 1.807) is 0 Å². The fourth-order valence-electron chi connectivity index (χ4n) is 1.31. The molecule has 0 saturated carbocycles. The van der Waals surface area contributed by atoms with Crippen LogP contribution in [0.1, 0.15) is 0 Å². The molecular weight excluding hydrogens is 297 g/mol. The Bertz CT molecular complexity index is 680. The average molecular weight is 304 g/mol. The molecule has 2 aromatic heterocycles. The smallest absolute Gasteiger partial charge is 0.422 e.